The van der Waals surface area contributed by atoms with Gasteiger partial charge in [-0.25, -0.2) is 0 Å². The predicted octanol–water partition coefficient (Wildman–Crippen LogP) is 3.26. The molecule has 1 fully saturated rings. The van der Waals surface area contributed by atoms with Crippen LogP contribution in [0.3, 0.4) is 0 Å². The molecule has 0 bridgehead atoms. The van der Waals surface area contributed by atoms with Crippen LogP contribution in [0, 0.1) is 0 Å². The number of hydrogen-bond acceptors (Lipinski definition) is 3. The van der Waals surface area contributed by atoms with Crippen molar-refractivity contribution >= 4 is 11.5 Å². The average Bonchev–Trinajstić information content (AvgIpc) is 2.90. The Morgan fingerprint density at radius 2 is 2.17 bits per heavy atom. The summed E-state index contributed by atoms with van der Waals surface area (Å²) in [6.07, 6.45) is 4.17. The summed E-state index contributed by atoms with van der Waals surface area (Å²) in [6.45, 7) is 3.76. The number of rotatable bonds is 6. The van der Waals surface area contributed by atoms with Crippen LogP contribution in [0.2, 0.25) is 0 Å². The third-order valence-corrected chi connectivity index (χ3v) is 3.24. The molecule has 0 radical (unpaired) electrons. The minimum atomic E-state index is 0.225. The topological polar surface area (TPSA) is 38.3 Å². The third kappa shape index (κ3) is 3.57. The standard InChI is InChI=1S/C15H21NO2/c1-2-4-15(17)12-6-8-13(9-7-12)16-11-14-5-3-10-18-14/h6-9,14,16H,2-5,10-11H2,1H3. The molecule has 0 saturated carbocycles. The van der Waals surface area contributed by atoms with E-state index < -0.39 is 0 Å². The first kappa shape index (κ1) is 13.1. The molecule has 98 valence electrons. The van der Waals surface area contributed by atoms with E-state index in [1.807, 2.05) is 31.2 Å². The smallest absolute Gasteiger partial charge is 0.162 e. The van der Waals surface area contributed by atoms with E-state index in [1.54, 1.807) is 0 Å². The molecule has 1 unspecified atom stereocenters. The zero-order chi connectivity index (χ0) is 12.8. The van der Waals surface area contributed by atoms with Gasteiger partial charge in [0.25, 0.3) is 0 Å². The van der Waals surface area contributed by atoms with Gasteiger partial charge in [0, 0.05) is 30.8 Å². The van der Waals surface area contributed by atoms with Crippen molar-refractivity contribution in [1.29, 1.82) is 0 Å². The van der Waals surface area contributed by atoms with Crippen LogP contribution >= 0.6 is 0 Å². The van der Waals surface area contributed by atoms with Crippen LogP contribution in [0.25, 0.3) is 0 Å². The zero-order valence-corrected chi connectivity index (χ0v) is 10.9. The van der Waals surface area contributed by atoms with Crippen molar-refractivity contribution in [2.24, 2.45) is 0 Å². The number of ketones is 1. The molecule has 1 atom stereocenters. The lowest BCUT2D eigenvalue weighted by Gasteiger charge is -2.12. The van der Waals surface area contributed by atoms with Gasteiger partial charge >= 0.3 is 0 Å². The first-order chi connectivity index (χ1) is 8.79. The summed E-state index contributed by atoms with van der Waals surface area (Å²) in [7, 11) is 0. The molecule has 1 saturated heterocycles. The maximum Gasteiger partial charge on any atom is 0.162 e. The van der Waals surface area contributed by atoms with Gasteiger partial charge in [-0.05, 0) is 43.5 Å². The fourth-order valence-electron chi connectivity index (χ4n) is 2.18. The van der Waals surface area contributed by atoms with Crippen molar-refractivity contribution in [3.8, 4) is 0 Å². The van der Waals surface area contributed by atoms with Gasteiger partial charge in [-0.1, -0.05) is 6.92 Å². The highest BCUT2D eigenvalue weighted by Crippen LogP contribution is 2.15. The monoisotopic (exact) mass is 247 g/mol. The highest BCUT2D eigenvalue weighted by molar-refractivity contribution is 5.96. The molecular formula is C15H21NO2. The molecule has 1 aromatic carbocycles. The lowest BCUT2D eigenvalue weighted by molar-refractivity contribution is 0.0981. The van der Waals surface area contributed by atoms with E-state index in [-0.39, 0.29) is 5.78 Å². The number of ether oxygens (including phenoxy) is 1. The number of nitrogens with one attached hydrogen (secondary N) is 1. The molecule has 0 aliphatic carbocycles. The van der Waals surface area contributed by atoms with E-state index in [0.29, 0.717) is 12.5 Å². The zero-order valence-electron chi connectivity index (χ0n) is 10.9. The highest BCUT2D eigenvalue weighted by Gasteiger charge is 2.14. The van der Waals surface area contributed by atoms with Crippen molar-refractivity contribution in [3.05, 3.63) is 29.8 Å². The second-order valence-corrected chi connectivity index (χ2v) is 4.77. The Balaban J connectivity index is 1.85. The van der Waals surface area contributed by atoms with Crippen LogP contribution < -0.4 is 5.32 Å². The summed E-state index contributed by atoms with van der Waals surface area (Å²) >= 11 is 0. The largest absolute Gasteiger partial charge is 0.382 e. The molecule has 1 aliphatic heterocycles. The summed E-state index contributed by atoms with van der Waals surface area (Å²) in [5.74, 6) is 0.225. The average molecular weight is 247 g/mol. The fourth-order valence-corrected chi connectivity index (χ4v) is 2.18. The normalized spacial score (nSPS) is 18.8. The van der Waals surface area contributed by atoms with Crippen LogP contribution in [0.1, 0.15) is 43.0 Å². The van der Waals surface area contributed by atoms with Crippen LogP contribution in [-0.2, 0) is 4.74 Å². The minimum Gasteiger partial charge on any atom is -0.382 e. The first-order valence-corrected chi connectivity index (χ1v) is 6.78. The third-order valence-electron chi connectivity index (χ3n) is 3.24. The van der Waals surface area contributed by atoms with Crippen molar-refractivity contribution in [2.45, 2.75) is 38.7 Å². The Morgan fingerprint density at radius 1 is 1.39 bits per heavy atom. The summed E-state index contributed by atoms with van der Waals surface area (Å²) in [5, 5.41) is 3.35. The summed E-state index contributed by atoms with van der Waals surface area (Å²) in [6, 6.07) is 7.74. The quantitative estimate of drug-likeness (QED) is 0.784. The Kier molecular flexibility index (Phi) is 4.76. The van der Waals surface area contributed by atoms with E-state index in [1.165, 1.54) is 0 Å². The molecule has 3 heteroatoms. The molecule has 0 aromatic heterocycles. The van der Waals surface area contributed by atoms with E-state index >= 15 is 0 Å². The molecule has 3 nitrogen and oxygen atoms in total. The van der Waals surface area contributed by atoms with Gasteiger partial charge < -0.3 is 10.1 Å². The van der Waals surface area contributed by atoms with Crippen LogP contribution in [0.4, 0.5) is 5.69 Å². The fraction of sp³-hybridized carbons (Fsp3) is 0.533. The van der Waals surface area contributed by atoms with Gasteiger partial charge in [-0.15, -0.1) is 0 Å². The molecule has 2 rings (SSSR count). The van der Waals surface area contributed by atoms with Crippen LogP contribution in [0.5, 0.6) is 0 Å². The number of carbonyl (C=O) groups excluding carboxylic acids is 1. The highest BCUT2D eigenvalue weighted by atomic mass is 16.5. The van der Waals surface area contributed by atoms with E-state index in [9.17, 15) is 4.79 Å². The second-order valence-electron chi connectivity index (χ2n) is 4.77. The Morgan fingerprint density at radius 3 is 2.78 bits per heavy atom. The number of anilines is 1. The van der Waals surface area contributed by atoms with Crippen molar-refractivity contribution in [1.82, 2.24) is 0 Å². The van der Waals surface area contributed by atoms with E-state index in [0.717, 1.165) is 43.7 Å². The van der Waals surface area contributed by atoms with Crippen molar-refractivity contribution in [3.63, 3.8) is 0 Å². The molecule has 18 heavy (non-hydrogen) atoms. The Labute approximate surface area is 109 Å². The number of hydrogen-bond donors (Lipinski definition) is 1. The molecule has 0 amide bonds. The lowest BCUT2D eigenvalue weighted by Crippen LogP contribution is -2.18. The summed E-state index contributed by atoms with van der Waals surface area (Å²) in [4.78, 5) is 11.7. The van der Waals surface area contributed by atoms with Gasteiger partial charge in [0.2, 0.25) is 0 Å². The van der Waals surface area contributed by atoms with Gasteiger partial charge in [-0.2, -0.15) is 0 Å². The maximum atomic E-state index is 11.7. The molecular weight excluding hydrogens is 226 g/mol. The molecule has 1 N–H and O–H groups in total. The van der Waals surface area contributed by atoms with E-state index in [4.69, 9.17) is 4.74 Å². The maximum absolute atomic E-state index is 11.7. The van der Waals surface area contributed by atoms with Crippen LogP contribution in [-0.4, -0.2) is 25.0 Å². The number of Topliss-reactive ketones (excluding diaryl/α,β-unsaturated/α-hetero) is 1. The lowest BCUT2D eigenvalue weighted by atomic mass is 10.1. The number of carbonyl (C=O) groups is 1. The second kappa shape index (κ2) is 6.55. The SMILES string of the molecule is CCCC(=O)c1ccc(NCC2CCCO2)cc1. The molecule has 1 aliphatic rings. The predicted molar refractivity (Wildman–Crippen MR) is 73.1 cm³/mol. The van der Waals surface area contributed by atoms with E-state index in [2.05, 4.69) is 5.32 Å². The van der Waals surface area contributed by atoms with Crippen LogP contribution in [0.15, 0.2) is 24.3 Å². The minimum absolute atomic E-state index is 0.225. The first-order valence-electron chi connectivity index (χ1n) is 6.78. The van der Waals surface area contributed by atoms with Gasteiger partial charge in [0.15, 0.2) is 5.78 Å². The van der Waals surface area contributed by atoms with Gasteiger partial charge in [-0.3, -0.25) is 4.79 Å². The summed E-state index contributed by atoms with van der Waals surface area (Å²) < 4.78 is 5.55. The molecule has 1 aromatic rings. The van der Waals surface area contributed by atoms with Gasteiger partial charge in [0.05, 0.1) is 6.10 Å². The Bertz CT molecular complexity index is 380. The van der Waals surface area contributed by atoms with Crippen molar-refractivity contribution < 1.29 is 9.53 Å². The molecule has 1 heterocycles. The van der Waals surface area contributed by atoms with Gasteiger partial charge in [0.1, 0.15) is 0 Å². The number of benzene rings is 1. The Hall–Kier alpha value is -1.35. The molecule has 0 spiro atoms. The summed E-state index contributed by atoms with van der Waals surface area (Å²) in [5.41, 5.74) is 1.86. The van der Waals surface area contributed by atoms with Crippen molar-refractivity contribution in [2.75, 3.05) is 18.5 Å².